The van der Waals surface area contributed by atoms with Gasteiger partial charge in [-0.1, -0.05) is 0 Å². The minimum atomic E-state index is -3.49. The van der Waals surface area contributed by atoms with Crippen molar-refractivity contribution in [1.29, 1.82) is 0 Å². The molecule has 0 spiro atoms. The lowest BCUT2D eigenvalue weighted by Gasteiger charge is -2.04. The molecule has 1 unspecified atom stereocenters. The molecule has 0 aliphatic carbocycles. The molecule has 9 heavy (non-hydrogen) atoms. The fourth-order valence-electron chi connectivity index (χ4n) is 0.335. The molecule has 0 amide bonds. The first kappa shape index (κ1) is 7.14. The molecular formula is C3HF3OS2. The van der Waals surface area contributed by atoms with Gasteiger partial charge < -0.3 is 4.74 Å². The van der Waals surface area contributed by atoms with E-state index in [0.717, 1.165) is 0 Å². The lowest BCUT2D eigenvalue weighted by molar-refractivity contribution is -0.0839. The summed E-state index contributed by atoms with van der Waals surface area (Å²) >= 11 is 4.10. The molecule has 0 aromatic heterocycles. The van der Waals surface area contributed by atoms with Crippen molar-refractivity contribution in [2.24, 2.45) is 0 Å². The van der Waals surface area contributed by atoms with Crippen LogP contribution in [0.3, 0.4) is 0 Å². The largest absolute Gasteiger partial charge is 0.437 e. The standard InChI is InChI=1S/C3HF3OS2/c4-1-3(5,6)9-2(8)7-1/h1H. The van der Waals surface area contributed by atoms with Crippen molar-refractivity contribution in [3.8, 4) is 0 Å². The zero-order valence-corrected chi connectivity index (χ0v) is 5.57. The number of rotatable bonds is 0. The van der Waals surface area contributed by atoms with Crippen molar-refractivity contribution in [1.82, 2.24) is 0 Å². The highest BCUT2D eigenvalue weighted by Gasteiger charge is 2.51. The highest BCUT2D eigenvalue weighted by Crippen LogP contribution is 2.42. The number of alkyl halides is 3. The van der Waals surface area contributed by atoms with Gasteiger partial charge in [-0.15, -0.1) is 0 Å². The first-order valence-corrected chi connectivity index (χ1v) is 3.16. The smallest absolute Gasteiger partial charge is 0.367 e. The molecule has 0 bridgehead atoms. The Hall–Kier alpha value is 0.0300. The second kappa shape index (κ2) is 2.02. The molecule has 1 heterocycles. The lowest BCUT2D eigenvalue weighted by atomic mass is 10.7. The molecule has 1 aliphatic rings. The minimum absolute atomic E-state index is 0.0683. The Morgan fingerprint density at radius 3 is 2.33 bits per heavy atom. The molecule has 52 valence electrons. The summed E-state index contributed by atoms with van der Waals surface area (Å²) in [6, 6.07) is 0. The summed E-state index contributed by atoms with van der Waals surface area (Å²) in [5.74, 6) is 0. The summed E-state index contributed by atoms with van der Waals surface area (Å²) in [5, 5.41) is -3.49. The zero-order chi connectivity index (χ0) is 7.07. The van der Waals surface area contributed by atoms with Gasteiger partial charge >= 0.3 is 11.6 Å². The van der Waals surface area contributed by atoms with E-state index in [1.807, 2.05) is 0 Å². The van der Waals surface area contributed by atoms with Crippen LogP contribution in [0, 0.1) is 0 Å². The average molecular weight is 174 g/mol. The molecule has 0 saturated carbocycles. The molecule has 1 atom stereocenters. The van der Waals surface area contributed by atoms with Crippen LogP contribution in [0.25, 0.3) is 0 Å². The Balaban J connectivity index is 2.69. The maximum Gasteiger partial charge on any atom is 0.367 e. The summed E-state index contributed by atoms with van der Waals surface area (Å²) in [7, 11) is 0. The van der Waals surface area contributed by atoms with Gasteiger partial charge in [-0.3, -0.25) is 0 Å². The molecule has 0 N–H and O–H groups in total. The molecule has 1 saturated heterocycles. The zero-order valence-electron chi connectivity index (χ0n) is 3.94. The van der Waals surface area contributed by atoms with Gasteiger partial charge in [-0.25, -0.2) is 0 Å². The summed E-state index contributed by atoms with van der Waals surface area (Å²) in [6.07, 6.45) is -2.57. The molecule has 0 aromatic rings. The molecule has 1 aliphatic heterocycles. The number of halogens is 3. The van der Waals surface area contributed by atoms with Gasteiger partial charge in [0.1, 0.15) is 0 Å². The van der Waals surface area contributed by atoms with Crippen molar-refractivity contribution < 1.29 is 17.9 Å². The van der Waals surface area contributed by atoms with E-state index in [1.54, 1.807) is 0 Å². The van der Waals surface area contributed by atoms with Gasteiger partial charge in [-0.05, 0) is 12.2 Å². The van der Waals surface area contributed by atoms with Crippen LogP contribution in [-0.4, -0.2) is 16.0 Å². The van der Waals surface area contributed by atoms with E-state index < -0.39 is 16.0 Å². The van der Waals surface area contributed by atoms with Crippen LogP contribution in [0.2, 0.25) is 0 Å². The molecular weight excluding hydrogens is 173 g/mol. The molecule has 0 aromatic carbocycles. The Kier molecular flexibility index (Phi) is 1.60. The van der Waals surface area contributed by atoms with Crippen molar-refractivity contribution >= 4 is 28.4 Å². The van der Waals surface area contributed by atoms with Crippen LogP contribution in [0.1, 0.15) is 0 Å². The predicted octanol–water partition coefficient (Wildman–Crippen LogP) is 1.92. The summed E-state index contributed by atoms with van der Waals surface area (Å²) in [4.78, 5) is 0. The van der Waals surface area contributed by atoms with Crippen LogP contribution in [0.4, 0.5) is 13.2 Å². The van der Waals surface area contributed by atoms with E-state index in [4.69, 9.17) is 0 Å². The third kappa shape index (κ3) is 1.29. The van der Waals surface area contributed by atoms with E-state index in [0.29, 0.717) is 0 Å². The third-order valence-corrected chi connectivity index (χ3v) is 1.75. The highest BCUT2D eigenvalue weighted by molar-refractivity contribution is 8.23. The van der Waals surface area contributed by atoms with Gasteiger partial charge in [-0.2, -0.15) is 13.2 Å². The fraction of sp³-hybridized carbons (Fsp3) is 0.667. The number of ether oxygens (including phenoxy) is 1. The van der Waals surface area contributed by atoms with Gasteiger partial charge in [0.2, 0.25) is 4.38 Å². The molecule has 0 radical (unpaired) electrons. The van der Waals surface area contributed by atoms with Crippen molar-refractivity contribution in [2.45, 2.75) is 11.6 Å². The monoisotopic (exact) mass is 174 g/mol. The van der Waals surface area contributed by atoms with E-state index in [9.17, 15) is 13.2 Å². The second-order valence-corrected chi connectivity index (χ2v) is 3.10. The van der Waals surface area contributed by atoms with Gasteiger partial charge in [0.05, 0.1) is 0 Å². The Morgan fingerprint density at radius 2 is 2.22 bits per heavy atom. The second-order valence-electron chi connectivity index (χ2n) is 1.35. The highest BCUT2D eigenvalue weighted by atomic mass is 32.2. The fourth-order valence-corrected chi connectivity index (χ4v) is 1.25. The van der Waals surface area contributed by atoms with Gasteiger partial charge in [0, 0.05) is 11.8 Å². The molecule has 1 nitrogen and oxygen atoms in total. The van der Waals surface area contributed by atoms with Crippen LogP contribution >= 0.6 is 24.0 Å². The number of thiocarbonyl (C=S) groups is 1. The van der Waals surface area contributed by atoms with Crippen molar-refractivity contribution in [3.05, 3.63) is 0 Å². The predicted molar refractivity (Wildman–Crippen MR) is 31.1 cm³/mol. The number of hydrogen-bond acceptors (Lipinski definition) is 3. The van der Waals surface area contributed by atoms with Crippen molar-refractivity contribution in [3.63, 3.8) is 0 Å². The number of thioether (sulfide) groups is 1. The van der Waals surface area contributed by atoms with Gasteiger partial charge in [0.25, 0.3) is 0 Å². The lowest BCUT2D eigenvalue weighted by Crippen LogP contribution is -2.20. The van der Waals surface area contributed by atoms with Crippen molar-refractivity contribution in [2.75, 3.05) is 0 Å². The first-order chi connectivity index (χ1) is 4.02. The quantitative estimate of drug-likeness (QED) is 0.519. The van der Waals surface area contributed by atoms with E-state index in [-0.39, 0.29) is 11.8 Å². The van der Waals surface area contributed by atoms with Crippen LogP contribution < -0.4 is 0 Å². The maximum absolute atomic E-state index is 12.0. The third-order valence-electron chi connectivity index (χ3n) is 0.683. The maximum atomic E-state index is 12.0. The molecule has 6 heteroatoms. The SMILES string of the molecule is FC1OC(=S)SC1(F)F. The Labute approximate surface area is 58.6 Å². The van der Waals surface area contributed by atoms with E-state index in [1.165, 1.54) is 0 Å². The van der Waals surface area contributed by atoms with Crippen LogP contribution in [0.15, 0.2) is 0 Å². The minimum Gasteiger partial charge on any atom is -0.437 e. The van der Waals surface area contributed by atoms with Crippen LogP contribution in [0.5, 0.6) is 0 Å². The summed E-state index contributed by atoms with van der Waals surface area (Å²) in [5.41, 5.74) is 0. The topological polar surface area (TPSA) is 9.23 Å². The summed E-state index contributed by atoms with van der Waals surface area (Å²) < 4.78 is 39.2. The summed E-state index contributed by atoms with van der Waals surface area (Å²) in [6.45, 7) is 0. The molecule has 1 rings (SSSR count). The Bertz CT molecular complexity index is 148. The number of hydrogen-bond donors (Lipinski definition) is 0. The first-order valence-electron chi connectivity index (χ1n) is 1.94. The van der Waals surface area contributed by atoms with E-state index >= 15 is 0 Å². The van der Waals surface area contributed by atoms with Gasteiger partial charge in [0.15, 0.2) is 0 Å². The van der Waals surface area contributed by atoms with Crippen LogP contribution in [-0.2, 0) is 4.74 Å². The molecule has 1 fully saturated rings. The van der Waals surface area contributed by atoms with E-state index in [2.05, 4.69) is 17.0 Å². The normalized spacial score (nSPS) is 32.3. The average Bonchev–Trinajstić information content (AvgIpc) is 1.79. The Morgan fingerprint density at radius 1 is 1.67 bits per heavy atom.